The van der Waals surface area contributed by atoms with E-state index in [1.54, 1.807) is 30.3 Å². The number of benzene rings is 3. The highest BCUT2D eigenvalue weighted by Crippen LogP contribution is 2.38. The molecule has 0 spiro atoms. The zero-order valence-corrected chi connectivity index (χ0v) is 21.1. The van der Waals surface area contributed by atoms with Crippen LogP contribution < -0.4 is 4.74 Å². The predicted molar refractivity (Wildman–Crippen MR) is 143 cm³/mol. The summed E-state index contributed by atoms with van der Waals surface area (Å²) in [5.74, 6) is -0.714. The molecular formula is C27H15BrClNO4S. The maximum Gasteiger partial charge on any atom is 0.363 e. The van der Waals surface area contributed by atoms with Gasteiger partial charge in [-0.1, -0.05) is 82.1 Å². The van der Waals surface area contributed by atoms with Gasteiger partial charge in [-0.2, -0.15) is 0 Å². The highest BCUT2D eigenvalue weighted by Gasteiger charge is 2.28. The Bertz CT molecular complexity index is 1560. The van der Waals surface area contributed by atoms with Crippen LogP contribution in [0.5, 0.6) is 5.75 Å². The van der Waals surface area contributed by atoms with Crippen molar-refractivity contribution in [2.45, 2.75) is 0 Å². The molecule has 172 valence electrons. The van der Waals surface area contributed by atoms with Crippen LogP contribution in [-0.4, -0.2) is 17.8 Å². The van der Waals surface area contributed by atoms with E-state index in [1.807, 2.05) is 48.5 Å². The number of esters is 2. The van der Waals surface area contributed by atoms with Crippen molar-refractivity contribution in [3.05, 3.63) is 110 Å². The number of thiophene rings is 1. The highest BCUT2D eigenvalue weighted by atomic mass is 79.9. The van der Waals surface area contributed by atoms with Gasteiger partial charge < -0.3 is 9.47 Å². The lowest BCUT2D eigenvalue weighted by Crippen LogP contribution is -2.05. The van der Waals surface area contributed by atoms with Gasteiger partial charge in [0.2, 0.25) is 5.90 Å². The summed E-state index contributed by atoms with van der Waals surface area (Å²) in [4.78, 5) is 29.9. The number of ether oxygens (including phenoxy) is 2. The molecule has 0 radical (unpaired) electrons. The fourth-order valence-corrected chi connectivity index (χ4v) is 5.38. The van der Waals surface area contributed by atoms with Crippen molar-refractivity contribution in [2.75, 3.05) is 0 Å². The van der Waals surface area contributed by atoms with Crippen LogP contribution in [0.25, 0.3) is 22.2 Å². The van der Waals surface area contributed by atoms with Crippen LogP contribution in [0, 0.1) is 0 Å². The molecule has 8 heteroatoms. The second-order valence-corrected chi connectivity index (χ2v) is 9.77. The Balaban J connectivity index is 1.41. The average molecular weight is 565 g/mol. The second kappa shape index (κ2) is 10.00. The summed E-state index contributed by atoms with van der Waals surface area (Å²) >= 11 is 11.4. The number of nitrogens with zero attached hydrogens (tertiary/aromatic N) is 1. The molecule has 5 rings (SSSR count). The van der Waals surface area contributed by atoms with Crippen molar-refractivity contribution >= 4 is 78.9 Å². The third kappa shape index (κ3) is 5.12. The molecule has 0 saturated heterocycles. The minimum atomic E-state index is -0.611. The van der Waals surface area contributed by atoms with Crippen molar-refractivity contribution in [3.8, 4) is 5.75 Å². The summed E-state index contributed by atoms with van der Waals surface area (Å²) in [6.45, 7) is 0. The van der Waals surface area contributed by atoms with Gasteiger partial charge in [-0.25, -0.2) is 14.6 Å². The number of fused-ring (bicyclic) bond motifs is 1. The molecule has 2 heterocycles. The van der Waals surface area contributed by atoms with Crippen LogP contribution in [0.3, 0.4) is 0 Å². The molecule has 0 atom stereocenters. The zero-order chi connectivity index (χ0) is 24.4. The Morgan fingerprint density at radius 2 is 1.83 bits per heavy atom. The van der Waals surface area contributed by atoms with Crippen molar-refractivity contribution in [2.24, 2.45) is 4.99 Å². The van der Waals surface area contributed by atoms with Gasteiger partial charge in [-0.05, 0) is 35.9 Å². The van der Waals surface area contributed by atoms with Crippen LogP contribution in [-0.2, 0) is 14.3 Å². The van der Waals surface area contributed by atoms with Gasteiger partial charge in [-0.15, -0.1) is 11.3 Å². The van der Waals surface area contributed by atoms with Gasteiger partial charge >= 0.3 is 11.9 Å². The normalized spacial score (nSPS) is 14.5. The van der Waals surface area contributed by atoms with Gasteiger partial charge in [0.15, 0.2) is 5.70 Å². The number of rotatable bonds is 5. The number of carbonyl (C=O) groups excluding carboxylic acids is 2. The average Bonchev–Trinajstić information content (AvgIpc) is 3.38. The van der Waals surface area contributed by atoms with Crippen molar-refractivity contribution in [1.29, 1.82) is 0 Å². The number of para-hydroxylation sites is 1. The standard InChI is InChI=1S/C27H15BrClNO4S/c28-18-11-12-19-22(15-18)35-25(24(19)29)26-30-20(27(32)34-26)14-17-8-4-5-9-21(17)33-23(31)13-10-16-6-2-1-3-7-16/h1-15H/b13-10+,20-14+. The van der Waals surface area contributed by atoms with Crippen LogP contribution in [0.4, 0.5) is 0 Å². The summed E-state index contributed by atoms with van der Waals surface area (Å²) in [6, 6.07) is 22.0. The predicted octanol–water partition coefficient (Wildman–Crippen LogP) is 7.28. The Hall–Kier alpha value is -3.52. The van der Waals surface area contributed by atoms with Gasteiger partial charge in [0.1, 0.15) is 10.6 Å². The van der Waals surface area contributed by atoms with Gasteiger partial charge in [0.05, 0.1) is 5.02 Å². The molecule has 0 N–H and O–H groups in total. The summed E-state index contributed by atoms with van der Waals surface area (Å²) in [5.41, 5.74) is 1.47. The summed E-state index contributed by atoms with van der Waals surface area (Å²) in [5, 5.41) is 1.33. The van der Waals surface area contributed by atoms with E-state index in [0.29, 0.717) is 21.2 Å². The summed E-state index contributed by atoms with van der Waals surface area (Å²) in [7, 11) is 0. The summed E-state index contributed by atoms with van der Waals surface area (Å²) < 4.78 is 12.8. The number of aliphatic imine (C=N–C) groups is 1. The number of hydrogen-bond acceptors (Lipinski definition) is 6. The topological polar surface area (TPSA) is 65.0 Å². The molecule has 35 heavy (non-hydrogen) atoms. The molecule has 1 aromatic heterocycles. The minimum absolute atomic E-state index is 0.0815. The first-order chi connectivity index (χ1) is 17.0. The molecule has 5 nitrogen and oxygen atoms in total. The lowest BCUT2D eigenvalue weighted by atomic mass is 10.1. The molecular weight excluding hydrogens is 550 g/mol. The molecule has 1 aliphatic rings. The Morgan fingerprint density at radius 3 is 2.66 bits per heavy atom. The lowest BCUT2D eigenvalue weighted by Gasteiger charge is -2.05. The number of carbonyl (C=O) groups is 2. The monoisotopic (exact) mass is 563 g/mol. The molecule has 0 amide bonds. The van der Waals surface area contributed by atoms with Gasteiger partial charge in [-0.3, -0.25) is 0 Å². The van der Waals surface area contributed by atoms with Crippen molar-refractivity contribution in [3.63, 3.8) is 0 Å². The van der Waals surface area contributed by atoms with Crippen molar-refractivity contribution in [1.82, 2.24) is 0 Å². The quantitative estimate of drug-likeness (QED) is 0.145. The number of halogens is 2. The van der Waals surface area contributed by atoms with Gasteiger partial charge in [0.25, 0.3) is 0 Å². The van der Waals surface area contributed by atoms with E-state index in [2.05, 4.69) is 20.9 Å². The summed E-state index contributed by atoms with van der Waals surface area (Å²) in [6.07, 6.45) is 4.54. The minimum Gasteiger partial charge on any atom is -0.423 e. The Morgan fingerprint density at radius 1 is 1.06 bits per heavy atom. The van der Waals surface area contributed by atoms with Crippen LogP contribution in [0.15, 0.2) is 94.0 Å². The number of hydrogen-bond donors (Lipinski definition) is 0. The molecule has 0 unspecified atom stereocenters. The third-order valence-corrected chi connectivity index (χ3v) is 7.18. The first-order valence-corrected chi connectivity index (χ1v) is 12.4. The Kier molecular flexibility index (Phi) is 6.63. The van der Waals surface area contributed by atoms with E-state index in [0.717, 1.165) is 20.1 Å². The number of cyclic esters (lactones) is 1. The fourth-order valence-electron chi connectivity index (χ4n) is 3.39. The third-order valence-electron chi connectivity index (χ3n) is 5.04. The highest BCUT2D eigenvalue weighted by molar-refractivity contribution is 9.10. The van der Waals surface area contributed by atoms with E-state index in [9.17, 15) is 9.59 Å². The first-order valence-electron chi connectivity index (χ1n) is 10.4. The van der Waals surface area contributed by atoms with Gasteiger partial charge in [0, 0.05) is 26.2 Å². The lowest BCUT2D eigenvalue weighted by molar-refractivity contribution is -0.130. The van der Waals surface area contributed by atoms with Crippen molar-refractivity contribution < 1.29 is 19.1 Å². The molecule has 4 aromatic rings. The van der Waals surface area contributed by atoms with E-state index >= 15 is 0 Å². The fraction of sp³-hybridized carbons (Fsp3) is 0. The van der Waals surface area contributed by atoms with E-state index in [1.165, 1.54) is 23.5 Å². The van der Waals surface area contributed by atoms with E-state index in [-0.39, 0.29) is 11.6 Å². The maximum atomic E-state index is 12.6. The molecule has 0 aliphatic carbocycles. The molecule has 0 bridgehead atoms. The molecule has 0 fully saturated rings. The first kappa shape index (κ1) is 23.2. The second-order valence-electron chi connectivity index (χ2n) is 7.42. The zero-order valence-electron chi connectivity index (χ0n) is 17.9. The van der Waals surface area contributed by atoms with Crippen LogP contribution >= 0.6 is 38.9 Å². The maximum absolute atomic E-state index is 12.6. The van der Waals surface area contributed by atoms with Crippen LogP contribution in [0.1, 0.15) is 16.0 Å². The molecule has 3 aromatic carbocycles. The SMILES string of the molecule is O=C(/C=C/c1ccccc1)Oc1ccccc1/C=C1/N=C(c2sc3cc(Br)ccc3c2Cl)OC1=O. The largest absolute Gasteiger partial charge is 0.423 e. The van der Waals surface area contributed by atoms with E-state index < -0.39 is 11.9 Å². The van der Waals surface area contributed by atoms with Crippen LogP contribution in [0.2, 0.25) is 5.02 Å². The molecule has 1 aliphatic heterocycles. The Labute approximate surface area is 218 Å². The molecule has 0 saturated carbocycles. The smallest absolute Gasteiger partial charge is 0.363 e. The van der Waals surface area contributed by atoms with E-state index in [4.69, 9.17) is 21.1 Å².